The van der Waals surface area contributed by atoms with E-state index in [-0.39, 0.29) is 11.8 Å². The Kier molecular flexibility index (Phi) is 6.45. The van der Waals surface area contributed by atoms with Crippen LogP contribution in [-0.2, 0) is 11.2 Å². The fraction of sp³-hybridized carbons (Fsp3) is 0.462. The molecule has 0 aliphatic rings. The van der Waals surface area contributed by atoms with Gasteiger partial charge in [0.2, 0.25) is 5.91 Å². The van der Waals surface area contributed by atoms with Crippen molar-refractivity contribution < 1.29 is 9.59 Å². The van der Waals surface area contributed by atoms with E-state index in [1.54, 1.807) is 12.1 Å². The molecule has 110 valence electrons. The predicted octanol–water partition coefficient (Wildman–Crippen LogP) is 0.315. The number of hydrogen-bond donors (Lipinski definition) is 4. The molecular weight excluding hydrogens is 258 g/mol. The molecule has 0 atom stereocenters. The summed E-state index contributed by atoms with van der Waals surface area (Å²) in [4.78, 5) is 26.8. The maximum absolute atomic E-state index is 12.0. The van der Waals surface area contributed by atoms with Crippen LogP contribution < -0.4 is 22.3 Å². The maximum atomic E-state index is 12.0. The number of primary amides is 1. The number of nitrogens with two attached hydrogens (primary N) is 2. The first-order valence-electron chi connectivity index (χ1n) is 6.61. The number of hydrogen-bond acceptors (Lipinski definition) is 5. The Bertz CT molecular complexity index is 454. The second-order valence-corrected chi connectivity index (χ2v) is 4.41. The summed E-state index contributed by atoms with van der Waals surface area (Å²) in [6, 6.07) is 3.33. The molecule has 0 aliphatic carbocycles. The molecule has 0 saturated heterocycles. The lowest BCUT2D eigenvalue weighted by atomic mass is 10.1. The summed E-state index contributed by atoms with van der Waals surface area (Å²) in [5.41, 5.74) is 8.79. The number of nitrogens with one attached hydrogen (secondary N) is 2. The highest BCUT2D eigenvalue weighted by atomic mass is 16.2. The van der Waals surface area contributed by atoms with Crippen LogP contribution in [0.3, 0.4) is 0 Å². The second-order valence-electron chi connectivity index (χ2n) is 4.41. The summed E-state index contributed by atoms with van der Waals surface area (Å²) in [6.07, 6.45) is 2.44. The molecule has 6 N–H and O–H groups in total. The minimum Gasteiger partial charge on any atom is -0.370 e. The largest absolute Gasteiger partial charge is 0.370 e. The van der Waals surface area contributed by atoms with Crippen LogP contribution in [0.5, 0.6) is 0 Å². The Morgan fingerprint density at radius 1 is 1.30 bits per heavy atom. The van der Waals surface area contributed by atoms with E-state index in [4.69, 9.17) is 11.6 Å². The molecule has 1 rings (SSSR count). The van der Waals surface area contributed by atoms with Gasteiger partial charge in [-0.2, -0.15) is 0 Å². The van der Waals surface area contributed by atoms with E-state index in [9.17, 15) is 9.59 Å². The molecule has 7 nitrogen and oxygen atoms in total. The fourth-order valence-corrected chi connectivity index (χ4v) is 1.70. The zero-order chi connectivity index (χ0) is 15.0. The monoisotopic (exact) mass is 279 g/mol. The third-order valence-corrected chi connectivity index (χ3v) is 2.79. The Hall–Kier alpha value is -2.15. The lowest BCUT2D eigenvalue weighted by Crippen LogP contribution is -2.25. The number of amides is 2. The van der Waals surface area contributed by atoms with Crippen molar-refractivity contribution in [1.29, 1.82) is 0 Å². The van der Waals surface area contributed by atoms with Crippen LogP contribution in [0.25, 0.3) is 0 Å². The van der Waals surface area contributed by atoms with E-state index < -0.39 is 0 Å². The van der Waals surface area contributed by atoms with E-state index in [2.05, 4.69) is 15.7 Å². The van der Waals surface area contributed by atoms with Gasteiger partial charge in [-0.25, -0.2) is 10.8 Å². The van der Waals surface area contributed by atoms with Crippen molar-refractivity contribution in [3.63, 3.8) is 0 Å². The van der Waals surface area contributed by atoms with Gasteiger partial charge in [0, 0.05) is 24.2 Å². The lowest BCUT2D eigenvalue weighted by molar-refractivity contribution is -0.118. The molecule has 0 bridgehead atoms. The van der Waals surface area contributed by atoms with Crippen LogP contribution in [0, 0.1) is 0 Å². The molecule has 0 aromatic carbocycles. The van der Waals surface area contributed by atoms with E-state index in [0.29, 0.717) is 43.6 Å². The number of nitrogens with zero attached hydrogens (tertiary/aromatic N) is 1. The number of nitrogen functional groups attached to an aromatic ring is 1. The third kappa shape index (κ3) is 5.23. The van der Waals surface area contributed by atoms with Crippen LogP contribution in [-0.4, -0.2) is 23.3 Å². The van der Waals surface area contributed by atoms with Crippen LogP contribution in [0.15, 0.2) is 12.1 Å². The van der Waals surface area contributed by atoms with E-state index >= 15 is 0 Å². The Morgan fingerprint density at radius 2 is 2.05 bits per heavy atom. The smallest absolute Gasteiger partial charge is 0.251 e. The summed E-state index contributed by atoms with van der Waals surface area (Å²) >= 11 is 0. The first-order chi connectivity index (χ1) is 9.56. The molecule has 1 aromatic rings. The topological polar surface area (TPSA) is 123 Å². The highest BCUT2D eigenvalue weighted by Gasteiger charge is 2.08. The summed E-state index contributed by atoms with van der Waals surface area (Å²) in [5.74, 6) is 5.28. The Morgan fingerprint density at radius 3 is 2.65 bits per heavy atom. The average Bonchev–Trinajstić information content (AvgIpc) is 2.45. The van der Waals surface area contributed by atoms with Gasteiger partial charge in [-0.1, -0.05) is 6.92 Å². The van der Waals surface area contributed by atoms with Gasteiger partial charge in [-0.15, -0.1) is 0 Å². The summed E-state index contributed by atoms with van der Waals surface area (Å²) in [7, 11) is 0. The van der Waals surface area contributed by atoms with E-state index in [1.807, 2.05) is 6.92 Å². The van der Waals surface area contributed by atoms with Gasteiger partial charge in [0.15, 0.2) is 0 Å². The van der Waals surface area contributed by atoms with E-state index in [1.165, 1.54) is 0 Å². The first kappa shape index (κ1) is 15.9. The van der Waals surface area contributed by atoms with Crippen molar-refractivity contribution >= 4 is 17.6 Å². The van der Waals surface area contributed by atoms with Gasteiger partial charge in [0.1, 0.15) is 5.82 Å². The number of rotatable bonds is 8. The number of pyridine rings is 1. The van der Waals surface area contributed by atoms with Gasteiger partial charge in [0.05, 0.1) is 0 Å². The van der Waals surface area contributed by atoms with Crippen molar-refractivity contribution in [3.05, 3.63) is 23.4 Å². The van der Waals surface area contributed by atoms with Gasteiger partial charge in [-0.3, -0.25) is 9.59 Å². The first-order valence-corrected chi connectivity index (χ1v) is 6.61. The van der Waals surface area contributed by atoms with E-state index in [0.717, 1.165) is 5.69 Å². The molecule has 7 heteroatoms. The molecule has 0 radical (unpaired) electrons. The number of carbonyl (C=O) groups is 2. The molecule has 2 amide bonds. The number of hydrazine groups is 1. The predicted molar refractivity (Wildman–Crippen MR) is 76.8 cm³/mol. The quantitative estimate of drug-likeness (QED) is 0.310. The number of aryl methyl sites for hydroxylation is 1. The normalized spacial score (nSPS) is 10.1. The molecule has 0 unspecified atom stereocenters. The number of aromatic nitrogens is 1. The molecule has 1 heterocycles. The van der Waals surface area contributed by atoms with Crippen LogP contribution in [0.2, 0.25) is 0 Å². The second kappa shape index (κ2) is 8.11. The van der Waals surface area contributed by atoms with Gasteiger partial charge in [-0.05, 0) is 31.4 Å². The zero-order valence-corrected chi connectivity index (χ0v) is 11.6. The maximum Gasteiger partial charge on any atom is 0.251 e. The van der Waals surface area contributed by atoms with Crippen molar-refractivity contribution in [2.75, 3.05) is 12.0 Å². The minimum atomic E-state index is -0.322. The molecule has 0 fully saturated rings. The summed E-state index contributed by atoms with van der Waals surface area (Å²) < 4.78 is 0. The highest BCUT2D eigenvalue weighted by molar-refractivity contribution is 5.95. The Balaban J connectivity index is 2.52. The van der Waals surface area contributed by atoms with Crippen LogP contribution in [0.1, 0.15) is 42.2 Å². The Labute approximate surface area is 118 Å². The molecule has 0 spiro atoms. The van der Waals surface area contributed by atoms with Crippen molar-refractivity contribution in [2.45, 2.75) is 32.6 Å². The zero-order valence-electron chi connectivity index (χ0n) is 11.6. The van der Waals surface area contributed by atoms with Crippen molar-refractivity contribution in [3.8, 4) is 0 Å². The van der Waals surface area contributed by atoms with Crippen molar-refractivity contribution in [2.24, 2.45) is 11.6 Å². The number of unbranched alkanes of at least 4 members (excludes halogenated alkanes) is 1. The summed E-state index contributed by atoms with van der Waals surface area (Å²) in [6.45, 7) is 2.45. The molecule has 0 aliphatic heterocycles. The fourth-order valence-electron chi connectivity index (χ4n) is 1.70. The SMILES string of the molecule is CCc1cc(C(=O)NCCCCC(N)=O)cc(NN)n1. The molecular formula is C13H21N5O2. The van der Waals surface area contributed by atoms with Crippen LogP contribution >= 0.6 is 0 Å². The highest BCUT2D eigenvalue weighted by Crippen LogP contribution is 2.10. The van der Waals surface area contributed by atoms with Crippen molar-refractivity contribution in [1.82, 2.24) is 10.3 Å². The van der Waals surface area contributed by atoms with Gasteiger partial charge in [0.25, 0.3) is 5.91 Å². The standard InChI is InChI=1S/C13H21N5O2/c1-2-10-7-9(8-12(17-10)18-15)13(20)16-6-4-3-5-11(14)19/h7-8H,2-6,15H2,1H3,(H2,14,19)(H,16,20)(H,17,18). The summed E-state index contributed by atoms with van der Waals surface area (Å²) in [5, 5.41) is 2.79. The molecule has 0 saturated carbocycles. The lowest BCUT2D eigenvalue weighted by Gasteiger charge is -2.08. The molecule has 1 aromatic heterocycles. The van der Waals surface area contributed by atoms with Gasteiger partial charge >= 0.3 is 0 Å². The van der Waals surface area contributed by atoms with Gasteiger partial charge < -0.3 is 16.5 Å². The molecule has 20 heavy (non-hydrogen) atoms. The number of carbonyl (C=O) groups excluding carboxylic acids is 2. The number of anilines is 1. The minimum absolute atomic E-state index is 0.183. The van der Waals surface area contributed by atoms with Crippen LogP contribution in [0.4, 0.5) is 5.82 Å². The third-order valence-electron chi connectivity index (χ3n) is 2.79. The average molecular weight is 279 g/mol.